The highest BCUT2D eigenvalue weighted by molar-refractivity contribution is 9.10. The summed E-state index contributed by atoms with van der Waals surface area (Å²) in [5.74, 6) is -0.581. The van der Waals surface area contributed by atoms with E-state index in [4.69, 9.17) is 11.6 Å². The summed E-state index contributed by atoms with van der Waals surface area (Å²) in [5, 5.41) is -0.215. The number of alkyl halides is 1. The zero-order chi connectivity index (χ0) is 11.0. The Morgan fingerprint density at radius 1 is 1.67 bits per heavy atom. The lowest BCUT2D eigenvalue weighted by Crippen LogP contribution is -2.25. The van der Waals surface area contributed by atoms with Crippen LogP contribution in [0.25, 0.3) is 0 Å². The third-order valence-corrected chi connectivity index (χ3v) is 3.06. The van der Waals surface area contributed by atoms with Crippen molar-refractivity contribution < 1.29 is 9.18 Å². The number of hydrogen-bond acceptors (Lipinski definition) is 2. The van der Waals surface area contributed by atoms with Gasteiger partial charge in [-0.2, -0.15) is 0 Å². The number of amides is 1. The van der Waals surface area contributed by atoms with E-state index in [1.807, 2.05) is 0 Å². The first kappa shape index (κ1) is 10.8. The van der Waals surface area contributed by atoms with Crippen LogP contribution in [0.4, 0.5) is 10.1 Å². The Hall–Kier alpha value is -0.680. The van der Waals surface area contributed by atoms with Gasteiger partial charge in [-0.25, -0.2) is 9.37 Å². The molecule has 6 heteroatoms. The van der Waals surface area contributed by atoms with Gasteiger partial charge in [-0.3, -0.25) is 4.79 Å². The largest absolute Gasteiger partial charge is 0.308 e. The molecule has 0 spiro atoms. The van der Waals surface area contributed by atoms with Crippen molar-refractivity contribution in [3.8, 4) is 0 Å². The quantitative estimate of drug-likeness (QED) is 0.588. The van der Waals surface area contributed by atoms with Gasteiger partial charge >= 0.3 is 0 Å². The normalized spacial score (nSPS) is 21.1. The number of anilines is 1. The molecule has 1 aliphatic heterocycles. The molecular weight excluding hydrogens is 286 g/mol. The van der Waals surface area contributed by atoms with Gasteiger partial charge in [0.1, 0.15) is 10.4 Å². The molecule has 1 aliphatic rings. The zero-order valence-corrected chi connectivity index (χ0v) is 9.92. The maximum Gasteiger partial charge on any atom is 0.228 e. The molecule has 1 aromatic rings. The van der Waals surface area contributed by atoms with E-state index in [-0.39, 0.29) is 17.7 Å². The van der Waals surface area contributed by atoms with Gasteiger partial charge in [0.2, 0.25) is 5.91 Å². The minimum atomic E-state index is -0.473. The molecule has 1 aromatic heterocycles. The van der Waals surface area contributed by atoms with E-state index < -0.39 is 5.82 Å². The second-order valence-corrected chi connectivity index (χ2v) is 4.64. The predicted octanol–water partition coefficient (Wildman–Crippen LogP) is 2.33. The topological polar surface area (TPSA) is 33.2 Å². The third kappa shape index (κ3) is 2.13. The van der Waals surface area contributed by atoms with Crippen molar-refractivity contribution in [2.45, 2.75) is 11.8 Å². The summed E-state index contributed by atoms with van der Waals surface area (Å²) in [6.07, 6.45) is 1.37. The molecule has 0 aromatic carbocycles. The summed E-state index contributed by atoms with van der Waals surface area (Å²) < 4.78 is 13.4. The van der Waals surface area contributed by atoms with Crippen LogP contribution < -0.4 is 4.90 Å². The van der Waals surface area contributed by atoms with Gasteiger partial charge in [0.15, 0.2) is 0 Å². The number of rotatable bonds is 1. The average molecular weight is 294 g/mol. The highest BCUT2D eigenvalue weighted by Gasteiger charge is 2.30. The average Bonchev–Trinajstić information content (AvgIpc) is 2.50. The summed E-state index contributed by atoms with van der Waals surface area (Å²) in [6.45, 7) is 0.393. The number of hydrogen-bond donors (Lipinski definition) is 0. The Bertz CT molecular complexity index is 415. The fraction of sp³-hybridized carbons (Fsp3) is 0.333. The van der Waals surface area contributed by atoms with E-state index in [2.05, 4.69) is 20.9 Å². The van der Waals surface area contributed by atoms with Crippen molar-refractivity contribution >= 4 is 39.1 Å². The van der Waals surface area contributed by atoms with Crippen LogP contribution in [-0.4, -0.2) is 22.8 Å². The molecule has 1 unspecified atom stereocenters. The minimum Gasteiger partial charge on any atom is -0.308 e. The Labute approximate surface area is 99.4 Å². The van der Waals surface area contributed by atoms with Crippen LogP contribution in [-0.2, 0) is 4.79 Å². The molecule has 0 bridgehead atoms. The summed E-state index contributed by atoms with van der Waals surface area (Å²) in [5.41, 5.74) is 0.433. The minimum absolute atomic E-state index is 0.108. The predicted molar refractivity (Wildman–Crippen MR) is 58.5 cm³/mol. The van der Waals surface area contributed by atoms with Crippen LogP contribution in [0.2, 0.25) is 0 Å². The second-order valence-electron chi connectivity index (χ2n) is 3.27. The van der Waals surface area contributed by atoms with Crippen molar-refractivity contribution in [3.63, 3.8) is 0 Å². The lowest BCUT2D eigenvalue weighted by atomic mass is 10.3. The monoisotopic (exact) mass is 292 g/mol. The summed E-state index contributed by atoms with van der Waals surface area (Å²) in [6, 6.07) is 1.27. The van der Waals surface area contributed by atoms with Crippen LogP contribution in [0.3, 0.4) is 0 Å². The lowest BCUT2D eigenvalue weighted by molar-refractivity contribution is -0.117. The van der Waals surface area contributed by atoms with E-state index >= 15 is 0 Å². The summed E-state index contributed by atoms with van der Waals surface area (Å²) in [4.78, 5) is 16.7. The molecule has 1 saturated heterocycles. The van der Waals surface area contributed by atoms with Crippen molar-refractivity contribution in [1.29, 1.82) is 0 Å². The molecule has 1 atom stereocenters. The number of nitrogens with zero attached hydrogens (tertiary/aromatic N) is 2. The molecule has 0 N–H and O–H groups in total. The van der Waals surface area contributed by atoms with E-state index in [9.17, 15) is 9.18 Å². The van der Waals surface area contributed by atoms with Crippen molar-refractivity contribution in [2.24, 2.45) is 0 Å². The van der Waals surface area contributed by atoms with Gasteiger partial charge < -0.3 is 4.90 Å². The number of pyridine rings is 1. The Balaban J connectivity index is 2.37. The fourth-order valence-electron chi connectivity index (χ4n) is 1.50. The molecule has 2 heterocycles. The van der Waals surface area contributed by atoms with Gasteiger partial charge in [0.25, 0.3) is 0 Å². The summed E-state index contributed by atoms with van der Waals surface area (Å²) >= 11 is 9.02. The first-order valence-electron chi connectivity index (χ1n) is 4.33. The Morgan fingerprint density at radius 2 is 2.40 bits per heavy atom. The first-order valence-corrected chi connectivity index (χ1v) is 5.56. The molecule has 1 fully saturated rings. The highest BCUT2D eigenvalue weighted by Crippen LogP contribution is 2.29. The third-order valence-electron chi connectivity index (χ3n) is 2.16. The Morgan fingerprint density at radius 3 is 3.00 bits per heavy atom. The number of aromatic nitrogens is 1. The molecule has 80 valence electrons. The van der Waals surface area contributed by atoms with Crippen LogP contribution in [0.5, 0.6) is 0 Å². The highest BCUT2D eigenvalue weighted by atomic mass is 79.9. The summed E-state index contributed by atoms with van der Waals surface area (Å²) in [7, 11) is 0. The van der Waals surface area contributed by atoms with E-state index in [0.29, 0.717) is 16.8 Å². The van der Waals surface area contributed by atoms with Crippen molar-refractivity contribution in [3.05, 3.63) is 22.7 Å². The number of halogens is 3. The zero-order valence-electron chi connectivity index (χ0n) is 7.58. The lowest BCUT2D eigenvalue weighted by Gasteiger charge is -2.16. The Kier molecular flexibility index (Phi) is 2.93. The molecule has 15 heavy (non-hydrogen) atoms. The molecule has 0 radical (unpaired) electrons. The number of carbonyl (C=O) groups is 1. The molecule has 2 rings (SSSR count). The smallest absolute Gasteiger partial charge is 0.228 e. The van der Waals surface area contributed by atoms with Crippen LogP contribution in [0.1, 0.15) is 6.42 Å². The van der Waals surface area contributed by atoms with Gasteiger partial charge in [0, 0.05) is 19.0 Å². The van der Waals surface area contributed by atoms with Gasteiger partial charge in [-0.15, -0.1) is 11.6 Å². The van der Waals surface area contributed by atoms with Crippen LogP contribution in [0.15, 0.2) is 16.9 Å². The number of carbonyl (C=O) groups excluding carboxylic acids is 1. The van der Waals surface area contributed by atoms with E-state index in [0.717, 1.165) is 6.20 Å². The molecule has 0 saturated carbocycles. The van der Waals surface area contributed by atoms with Gasteiger partial charge in [-0.1, -0.05) is 0 Å². The molecule has 3 nitrogen and oxygen atoms in total. The first-order chi connectivity index (χ1) is 7.08. The fourth-order valence-corrected chi connectivity index (χ4v) is 2.20. The SMILES string of the molecule is O=C1CC(Cl)CN1c1cc(F)cnc1Br. The molecule has 0 aliphatic carbocycles. The second kappa shape index (κ2) is 4.06. The van der Waals surface area contributed by atoms with Crippen LogP contribution in [0, 0.1) is 5.82 Å². The molecule has 1 amide bonds. The maximum absolute atomic E-state index is 13.0. The molecular formula is C9H7BrClFN2O. The maximum atomic E-state index is 13.0. The van der Waals surface area contributed by atoms with E-state index in [1.54, 1.807) is 0 Å². The van der Waals surface area contributed by atoms with Crippen molar-refractivity contribution in [2.75, 3.05) is 11.4 Å². The standard InChI is InChI=1S/C9H7BrClFN2O/c10-9-7(2-6(12)3-13-9)14-4-5(11)1-8(14)15/h2-3,5H,1,4H2. The van der Waals surface area contributed by atoms with Gasteiger partial charge in [-0.05, 0) is 15.9 Å². The van der Waals surface area contributed by atoms with E-state index in [1.165, 1.54) is 11.0 Å². The van der Waals surface area contributed by atoms with Crippen LogP contribution >= 0.6 is 27.5 Å². The van der Waals surface area contributed by atoms with Gasteiger partial charge in [0.05, 0.1) is 17.3 Å². The van der Waals surface area contributed by atoms with Crippen molar-refractivity contribution in [1.82, 2.24) is 4.98 Å².